The highest BCUT2D eigenvalue weighted by atomic mass is 16.5. The number of amides is 2. The van der Waals surface area contributed by atoms with Gasteiger partial charge < -0.3 is 10.1 Å². The Hall–Kier alpha value is -4.78. The maximum absolute atomic E-state index is 12.7. The summed E-state index contributed by atoms with van der Waals surface area (Å²) in [6, 6.07) is 25.3. The average molecular weight is 480 g/mol. The van der Waals surface area contributed by atoms with Crippen LogP contribution in [0.1, 0.15) is 37.4 Å². The predicted molar refractivity (Wildman–Crippen MR) is 139 cm³/mol. The van der Waals surface area contributed by atoms with Crippen molar-refractivity contribution < 1.29 is 19.1 Å². The van der Waals surface area contributed by atoms with Gasteiger partial charge in [0, 0.05) is 11.1 Å². The zero-order valence-corrected chi connectivity index (χ0v) is 19.9. The first kappa shape index (κ1) is 24.3. The van der Waals surface area contributed by atoms with Crippen LogP contribution in [0.5, 0.6) is 5.75 Å². The highest BCUT2D eigenvalue weighted by Crippen LogP contribution is 2.27. The first-order valence-corrected chi connectivity index (χ1v) is 11.4. The van der Waals surface area contributed by atoms with E-state index in [9.17, 15) is 14.4 Å². The lowest BCUT2D eigenvalue weighted by Crippen LogP contribution is -2.34. The molecule has 4 rings (SSSR count). The van der Waals surface area contributed by atoms with Gasteiger partial charge in [-0.05, 0) is 55.0 Å². The number of nitrogens with zero attached hydrogens (tertiary/aromatic N) is 1. The number of carbonyl (C=O) groups excluding carboxylic acids is 3. The number of esters is 1. The lowest BCUT2D eigenvalue weighted by molar-refractivity contribution is -0.120. The minimum Gasteiger partial charge on any atom is -0.422 e. The summed E-state index contributed by atoms with van der Waals surface area (Å²) in [5.74, 6) is -1.03. The van der Waals surface area contributed by atoms with E-state index in [-0.39, 0.29) is 12.5 Å². The Morgan fingerprint density at radius 1 is 0.833 bits per heavy atom. The first-order chi connectivity index (χ1) is 17.4. The number of nitrogens with one attached hydrogen (secondary N) is 2. The van der Waals surface area contributed by atoms with Crippen molar-refractivity contribution in [3.8, 4) is 5.75 Å². The molecule has 0 bridgehead atoms. The molecule has 4 aromatic carbocycles. The Balaban J connectivity index is 1.47. The van der Waals surface area contributed by atoms with Gasteiger partial charge in [0.05, 0.1) is 18.3 Å². The van der Waals surface area contributed by atoms with Gasteiger partial charge in [0.1, 0.15) is 5.75 Å². The molecule has 0 aromatic heterocycles. The van der Waals surface area contributed by atoms with Crippen LogP contribution in [0.4, 0.5) is 0 Å². The number of aryl methyl sites for hydroxylation is 2. The van der Waals surface area contributed by atoms with Crippen LogP contribution in [0.15, 0.2) is 90.0 Å². The van der Waals surface area contributed by atoms with Crippen LogP contribution in [0.25, 0.3) is 10.8 Å². The molecule has 0 aliphatic heterocycles. The number of carbonyl (C=O) groups is 3. The van der Waals surface area contributed by atoms with Crippen LogP contribution in [0.2, 0.25) is 0 Å². The van der Waals surface area contributed by atoms with Crippen molar-refractivity contribution in [2.24, 2.45) is 5.10 Å². The molecule has 0 aliphatic rings. The third-order valence-electron chi connectivity index (χ3n) is 5.46. The summed E-state index contributed by atoms with van der Waals surface area (Å²) in [4.78, 5) is 37.3. The van der Waals surface area contributed by atoms with Gasteiger partial charge in [-0.1, -0.05) is 65.7 Å². The third kappa shape index (κ3) is 6.01. The maximum Gasteiger partial charge on any atom is 0.343 e. The number of fused-ring (bicyclic) bond motifs is 1. The molecule has 0 unspecified atom stereocenters. The Morgan fingerprint density at radius 2 is 1.53 bits per heavy atom. The van der Waals surface area contributed by atoms with Crippen LogP contribution in [-0.4, -0.2) is 30.5 Å². The summed E-state index contributed by atoms with van der Waals surface area (Å²) >= 11 is 0. The van der Waals surface area contributed by atoms with E-state index in [0.717, 1.165) is 21.9 Å². The molecule has 2 amide bonds. The van der Waals surface area contributed by atoms with Crippen LogP contribution < -0.4 is 15.5 Å². The van der Waals surface area contributed by atoms with Gasteiger partial charge in [0.2, 0.25) is 0 Å². The molecule has 36 heavy (non-hydrogen) atoms. The van der Waals surface area contributed by atoms with Gasteiger partial charge in [-0.3, -0.25) is 9.59 Å². The van der Waals surface area contributed by atoms with E-state index in [1.165, 1.54) is 6.21 Å². The van der Waals surface area contributed by atoms with E-state index < -0.39 is 11.9 Å². The molecule has 0 radical (unpaired) electrons. The van der Waals surface area contributed by atoms with Gasteiger partial charge >= 0.3 is 5.97 Å². The normalized spacial score (nSPS) is 10.8. The number of ether oxygens (including phenoxy) is 1. The summed E-state index contributed by atoms with van der Waals surface area (Å²) in [6.07, 6.45) is 1.43. The van der Waals surface area contributed by atoms with E-state index in [1.54, 1.807) is 42.5 Å². The molecule has 2 N–H and O–H groups in total. The first-order valence-electron chi connectivity index (χ1n) is 11.4. The molecule has 0 saturated heterocycles. The standard InChI is InChI=1S/C29H25N3O4/c1-19-7-5-10-22(15-19)28(34)30-18-27(33)32-31-17-25-24-12-4-3-9-21(24)13-14-26(25)36-29(35)23-11-6-8-20(2)16-23/h3-17H,18H2,1-2H3,(H,30,34)(H,32,33). The second kappa shape index (κ2) is 11.1. The highest BCUT2D eigenvalue weighted by Gasteiger charge is 2.14. The van der Waals surface area contributed by atoms with Crippen molar-refractivity contribution in [3.63, 3.8) is 0 Å². The van der Waals surface area contributed by atoms with Crippen molar-refractivity contribution >= 4 is 34.8 Å². The summed E-state index contributed by atoms with van der Waals surface area (Å²) in [6.45, 7) is 3.55. The van der Waals surface area contributed by atoms with Gasteiger partial charge in [-0.2, -0.15) is 5.10 Å². The van der Waals surface area contributed by atoms with Gasteiger partial charge in [0.25, 0.3) is 11.8 Å². The highest BCUT2D eigenvalue weighted by molar-refractivity contribution is 6.04. The Bertz CT molecular complexity index is 1480. The van der Waals surface area contributed by atoms with E-state index in [4.69, 9.17) is 4.74 Å². The maximum atomic E-state index is 12.7. The summed E-state index contributed by atoms with van der Waals surface area (Å²) in [5.41, 5.74) is 5.75. The van der Waals surface area contributed by atoms with Gasteiger partial charge in [-0.25, -0.2) is 10.2 Å². The quantitative estimate of drug-likeness (QED) is 0.176. The SMILES string of the molecule is Cc1cccc(C(=O)NCC(=O)NN=Cc2c(OC(=O)c3cccc(C)c3)ccc3ccccc23)c1. The smallest absolute Gasteiger partial charge is 0.343 e. The van der Waals surface area contributed by atoms with Crippen molar-refractivity contribution in [1.29, 1.82) is 0 Å². The molecule has 0 saturated carbocycles. The molecule has 0 fully saturated rings. The second-order valence-corrected chi connectivity index (χ2v) is 8.30. The van der Waals surface area contributed by atoms with Crippen molar-refractivity contribution in [2.45, 2.75) is 13.8 Å². The molecule has 4 aromatic rings. The van der Waals surface area contributed by atoms with Crippen molar-refractivity contribution in [1.82, 2.24) is 10.7 Å². The van der Waals surface area contributed by atoms with Gasteiger partial charge in [0.15, 0.2) is 0 Å². The number of rotatable bonds is 7. The summed E-state index contributed by atoms with van der Waals surface area (Å²) in [5, 5.41) is 8.34. The summed E-state index contributed by atoms with van der Waals surface area (Å²) < 4.78 is 5.69. The molecule has 7 nitrogen and oxygen atoms in total. The monoisotopic (exact) mass is 479 g/mol. The van der Waals surface area contributed by atoms with E-state index in [2.05, 4.69) is 15.8 Å². The number of hydrazone groups is 1. The second-order valence-electron chi connectivity index (χ2n) is 8.30. The van der Waals surface area contributed by atoms with Crippen LogP contribution >= 0.6 is 0 Å². The van der Waals surface area contributed by atoms with E-state index in [1.807, 2.05) is 56.3 Å². The zero-order valence-electron chi connectivity index (χ0n) is 19.9. The molecule has 0 spiro atoms. The number of benzene rings is 4. The molecular formula is C29H25N3O4. The fourth-order valence-corrected chi connectivity index (χ4v) is 3.69. The predicted octanol–water partition coefficient (Wildman–Crippen LogP) is 4.56. The van der Waals surface area contributed by atoms with Crippen molar-refractivity contribution in [2.75, 3.05) is 6.54 Å². The number of hydrogen-bond acceptors (Lipinski definition) is 5. The van der Waals surface area contributed by atoms with Crippen LogP contribution in [-0.2, 0) is 4.79 Å². The molecule has 7 heteroatoms. The topological polar surface area (TPSA) is 96.9 Å². The zero-order chi connectivity index (χ0) is 25.5. The van der Waals surface area contributed by atoms with E-state index >= 15 is 0 Å². The third-order valence-corrected chi connectivity index (χ3v) is 5.46. The number of hydrogen-bond donors (Lipinski definition) is 2. The molecular weight excluding hydrogens is 454 g/mol. The van der Waals surface area contributed by atoms with Crippen LogP contribution in [0, 0.1) is 13.8 Å². The minimum absolute atomic E-state index is 0.241. The Labute approximate surface area is 208 Å². The lowest BCUT2D eigenvalue weighted by atomic mass is 10.0. The molecule has 0 atom stereocenters. The van der Waals surface area contributed by atoms with E-state index in [0.29, 0.717) is 22.4 Å². The summed E-state index contributed by atoms with van der Waals surface area (Å²) in [7, 11) is 0. The fourth-order valence-electron chi connectivity index (χ4n) is 3.69. The van der Waals surface area contributed by atoms with Crippen LogP contribution in [0.3, 0.4) is 0 Å². The van der Waals surface area contributed by atoms with Gasteiger partial charge in [-0.15, -0.1) is 0 Å². The molecule has 0 heterocycles. The lowest BCUT2D eigenvalue weighted by Gasteiger charge is -2.11. The fraction of sp³-hybridized carbons (Fsp3) is 0.103. The molecule has 0 aliphatic carbocycles. The minimum atomic E-state index is -0.495. The Kier molecular flexibility index (Phi) is 7.51. The average Bonchev–Trinajstić information content (AvgIpc) is 2.88. The largest absolute Gasteiger partial charge is 0.422 e. The Morgan fingerprint density at radius 3 is 2.28 bits per heavy atom. The molecule has 180 valence electrons. The van der Waals surface area contributed by atoms with Crippen molar-refractivity contribution in [3.05, 3.63) is 113 Å².